The van der Waals surface area contributed by atoms with Gasteiger partial charge in [0.15, 0.2) is 0 Å². The van der Waals surface area contributed by atoms with E-state index in [1.54, 1.807) is 6.07 Å². The van der Waals surface area contributed by atoms with Gasteiger partial charge in [-0.25, -0.2) is 9.18 Å². The fraction of sp³-hybridized carbons (Fsp3) is 0.312. The molecule has 112 valence electrons. The van der Waals surface area contributed by atoms with Gasteiger partial charge in [-0.05, 0) is 36.2 Å². The van der Waals surface area contributed by atoms with Crippen LogP contribution in [0, 0.1) is 5.82 Å². The Morgan fingerprint density at radius 2 is 2.19 bits per heavy atom. The molecule has 0 radical (unpaired) electrons. The van der Waals surface area contributed by atoms with Gasteiger partial charge in [0.2, 0.25) is 0 Å². The first kappa shape index (κ1) is 15.1. The Labute approximate surface area is 123 Å². The van der Waals surface area contributed by atoms with Crippen molar-refractivity contribution in [1.82, 2.24) is 4.57 Å². The van der Waals surface area contributed by atoms with Crippen molar-refractivity contribution in [2.75, 3.05) is 12.4 Å². The Morgan fingerprint density at radius 1 is 1.38 bits per heavy atom. The largest absolute Gasteiger partial charge is 0.465 e. The van der Waals surface area contributed by atoms with Crippen molar-refractivity contribution in [3.8, 4) is 0 Å². The second-order valence-electron chi connectivity index (χ2n) is 4.80. The zero-order valence-corrected chi connectivity index (χ0v) is 12.2. The quantitative estimate of drug-likeness (QED) is 0.829. The number of carbonyl (C=O) groups is 1. The average Bonchev–Trinajstić information content (AvgIpc) is 2.94. The van der Waals surface area contributed by atoms with Crippen LogP contribution in [0.1, 0.15) is 29.3 Å². The van der Waals surface area contributed by atoms with E-state index in [9.17, 15) is 9.18 Å². The van der Waals surface area contributed by atoms with Crippen LogP contribution < -0.4 is 5.32 Å². The predicted molar refractivity (Wildman–Crippen MR) is 79.8 cm³/mol. The molecule has 2 aromatic rings. The standard InChI is InChI=1S/C16H19FN2O2/c1-3-7-19-8-6-12(11-19)10-18-13-4-5-15(17)14(9-13)16(20)21-2/h4-6,8-9,11,18H,3,7,10H2,1-2H3. The predicted octanol–water partition coefficient (Wildman–Crippen LogP) is 3.44. The summed E-state index contributed by atoms with van der Waals surface area (Å²) in [5.74, 6) is -1.26. The summed E-state index contributed by atoms with van der Waals surface area (Å²) in [7, 11) is 1.23. The minimum atomic E-state index is -0.676. The highest BCUT2D eigenvalue weighted by Crippen LogP contribution is 2.16. The van der Waals surface area contributed by atoms with Crippen LogP contribution in [0.3, 0.4) is 0 Å². The molecule has 0 atom stereocenters. The number of carbonyl (C=O) groups excluding carboxylic acids is 1. The van der Waals surface area contributed by atoms with Crippen molar-refractivity contribution in [1.29, 1.82) is 0 Å². The number of aryl methyl sites for hydroxylation is 1. The lowest BCUT2D eigenvalue weighted by Crippen LogP contribution is -2.06. The molecule has 0 saturated carbocycles. The van der Waals surface area contributed by atoms with Gasteiger partial charge in [-0.2, -0.15) is 0 Å². The van der Waals surface area contributed by atoms with Crippen LogP contribution in [0.5, 0.6) is 0 Å². The molecule has 5 heteroatoms. The van der Waals surface area contributed by atoms with E-state index in [2.05, 4.69) is 27.7 Å². The van der Waals surface area contributed by atoms with Gasteiger partial charge in [0.25, 0.3) is 0 Å². The first-order valence-corrected chi connectivity index (χ1v) is 6.90. The highest BCUT2D eigenvalue weighted by molar-refractivity contribution is 5.90. The monoisotopic (exact) mass is 290 g/mol. The van der Waals surface area contributed by atoms with Gasteiger partial charge in [-0.15, -0.1) is 0 Å². The van der Waals surface area contributed by atoms with Gasteiger partial charge in [0.05, 0.1) is 12.7 Å². The van der Waals surface area contributed by atoms with Gasteiger partial charge in [0.1, 0.15) is 5.82 Å². The van der Waals surface area contributed by atoms with E-state index in [-0.39, 0.29) is 5.56 Å². The second kappa shape index (κ2) is 6.92. The Kier molecular flexibility index (Phi) is 4.98. The van der Waals surface area contributed by atoms with E-state index < -0.39 is 11.8 Å². The lowest BCUT2D eigenvalue weighted by atomic mass is 10.2. The van der Waals surface area contributed by atoms with Crippen molar-refractivity contribution in [3.63, 3.8) is 0 Å². The zero-order chi connectivity index (χ0) is 15.2. The van der Waals surface area contributed by atoms with Crippen LogP contribution in [-0.4, -0.2) is 17.6 Å². The molecule has 0 aliphatic rings. The molecule has 0 unspecified atom stereocenters. The topological polar surface area (TPSA) is 43.3 Å². The molecule has 0 fully saturated rings. The zero-order valence-electron chi connectivity index (χ0n) is 12.2. The molecule has 0 amide bonds. The molecule has 1 N–H and O–H groups in total. The first-order valence-electron chi connectivity index (χ1n) is 6.90. The van der Waals surface area contributed by atoms with Crippen molar-refractivity contribution in [2.24, 2.45) is 0 Å². The molecule has 21 heavy (non-hydrogen) atoms. The normalized spacial score (nSPS) is 10.4. The molecule has 1 heterocycles. The Bertz CT molecular complexity index is 622. The molecule has 0 aliphatic carbocycles. The third-order valence-electron chi connectivity index (χ3n) is 3.16. The van der Waals surface area contributed by atoms with Gasteiger partial charge in [-0.3, -0.25) is 0 Å². The number of rotatable bonds is 6. The Hall–Kier alpha value is -2.30. The molecular weight excluding hydrogens is 271 g/mol. The van der Waals surface area contributed by atoms with Crippen LogP contribution >= 0.6 is 0 Å². The third-order valence-corrected chi connectivity index (χ3v) is 3.16. The number of hydrogen-bond acceptors (Lipinski definition) is 3. The second-order valence-corrected chi connectivity index (χ2v) is 4.80. The maximum absolute atomic E-state index is 13.5. The number of nitrogens with one attached hydrogen (secondary N) is 1. The summed E-state index contributed by atoms with van der Waals surface area (Å²) in [5, 5.41) is 3.18. The molecule has 0 saturated heterocycles. The fourth-order valence-electron chi connectivity index (χ4n) is 2.10. The van der Waals surface area contributed by atoms with Crippen LogP contribution in [0.15, 0.2) is 36.7 Å². The van der Waals surface area contributed by atoms with E-state index in [1.165, 1.54) is 19.2 Å². The summed E-state index contributed by atoms with van der Waals surface area (Å²) in [6, 6.07) is 6.36. The Morgan fingerprint density at radius 3 is 2.90 bits per heavy atom. The van der Waals surface area contributed by atoms with Crippen molar-refractivity contribution < 1.29 is 13.9 Å². The van der Waals surface area contributed by atoms with E-state index in [4.69, 9.17) is 0 Å². The highest BCUT2D eigenvalue weighted by atomic mass is 19.1. The lowest BCUT2D eigenvalue weighted by molar-refractivity contribution is 0.0595. The fourth-order valence-corrected chi connectivity index (χ4v) is 2.10. The van der Waals surface area contributed by atoms with E-state index in [1.807, 2.05) is 12.3 Å². The van der Waals surface area contributed by atoms with E-state index >= 15 is 0 Å². The van der Waals surface area contributed by atoms with E-state index in [0.717, 1.165) is 18.5 Å². The molecule has 2 rings (SSSR count). The smallest absolute Gasteiger partial charge is 0.340 e. The molecule has 0 bridgehead atoms. The summed E-state index contributed by atoms with van der Waals surface area (Å²) in [5.41, 5.74) is 1.75. The third kappa shape index (κ3) is 3.84. The number of nitrogens with zero attached hydrogens (tertiary/aromatic N) is 1. The first-order chi connectivity index (χ1) is 10.1. The number of anilines is 1. The number of hydrogen-bond donors (Lipinski definition) is 1. The maximum Gasteiger partial charge on any atom is 0.340 e. The number of aromatic nitrogens is 1. The Balaban J connectivity index is 2.04. The lowest BCUT2D eigenvalue weighted by Gasteiger charge is -2.08. The van der Waals surface area contributed by atoms with Crippen molar-refractivity contribution >= 4 is 11.7 Å². The van der Waals surface area contributed by atoms with Crippen LogP contribution in [-0.2, 0) is 17.8 Å². The number of ether oxygens (including phenoxy) is 1. The molecule has 4 nitrogen and oxygen atoms in total. The van der Waals surface area contributed by atoms with Crippen LogP contribution in [0.25, 0.3) is 0 Å². The highest BCUT2D eigenvalue weighted by Gasteiger charge is 2.12. The number of esters is 1. The van der Waals surface area contributed by atoms with Gasteiger partial charge in [0, 0.05) is 31.2 Å². The SMILES string of the molecule is CCCn1ccc(CNc2ccc(F)c(C(=O)OC)c2)c1. The molecular formula is C16H19FN2O2. The maximum atomic E-state index is 13.5. The average molecular weight is 290 g/mol. The summed E-state index contributed by atoms with van der Waals surface area (Å²) in [4.78, 5) is 11.4. The van der Waals surface area contributed by atoms with Crippen molar-refractivity contribution in [3.05, 3.63) is 53.6 Å². The summed E-state index contributed by atoms with van der Waals surface area (Å²) < 4.78 is 20.2. The minimum absolute atomic E-state index is 0.0638. The summed E-state index contributed by atoms with van der Waals surface area (Å²) >= 11 is 0. The molecule has 0 aliphatic heterocycles. The van der Waals surface area contributed by atoms with E-state index in [0.29, 0.717) is 12.2 Å². The minimum Gasteiger partial charge on any atom is -0.465 e. The summed E-state index contributed by atoms with van der Waals surface area (Å²) in [6.45, 7) is 3.73. The summed E-state index contributed by atoms with van der Waals surface area (Å²) in [6.07, 6.45) is 5.19. The number of halogens is 1. The van der Waals surface area contributed by atoms with Crippen LogP contribution in [0.4, 0.5) is 10.1 Å². The van der Waals surface area contributed by atoms with Gasteiger partial charge >= 0.3 is 5.97 Å². The van der Waals surface area contributed by atoms with Crippen molar-refractivity contribution in [2.45, 2.75) is 26.4 Å². The van der Waals surface area contributed by atoms with Gasteiger partial charge in [-0.1, -0.05) is 6.92 Å². The van der Waals surface area contributed by atoms with Gasteiger partial charge < -0.3 is 14.6 Å². The molecule has 1 aromatic carbocycles. The molecule has 0 spiro atoms. The number of methoxy groups -OCH3 is 1. The molecule has 1 aromatic heterocycles. The van der Waals surface area contributed by atoms with Crippen LogP contribution in [0.2, 0.25) is 0 Å². The number of benzene rings is 1.